The Kier molecular flexibility index (Phi) is 5.25. The summed E-state index contributed by atoms with van der Waals surface area (Å²) < 4.78 is 0.938. The predicted molar refractivity (Wildman–Crippen MR) is 65.4 cm³/mol. The van der Waals surface area contributed by atoms with Gasteiger partial charge in [0.05, 0.1) is 5.71 Å². The first-order valence-electron chi connectivity index (χ1n) is 4.83. The largest absolute Gasteiger partial charge is 0.411 e. The molecule has 0 saturated carbocycles. The highest BCUT2D eigenvalue weighted by atomic mass is 32.2. The highest BCUT2D eigenvalue weighted by Crippen LogP contribution is 2.16. The fourth-order valence-corrected chi connectivity index (χ4v) is 2.48. The SMILES string of the molecule is CC(CSC(=S)N1CCCCC1)=NO. The zero-order valence-electron chi connectivity index (χ0n) is 8.40. The second kappa shape index (κ2) is 6.24. The van der Waals surface area contributed by atoms with Crippen molar-refractivity contribution in [2.75, 3.05) is 18.8 Å². The highest BCUT2D eigenvalue weighted by molar-refractivity contribution is 8.23. The van der Waals surface area contributed by atoms with E-state index in [4.69, 9.17) is 17.4 Å². The Hall–Kier alpha value is -0.290. The lowest BCUT2D eigenvalue weighted by Crippen LogP contribution is -2.33. The Morgan fingerprint density at radius 1 is 1.43 bits per heavy atom. The van der Waals surface area contributed by atoms with Gasteiger partial charge in [0.1, 0.15) is 4.32 Å². The minimum Gasteiger partial charge on any atom is -0.411 e. The van der Waals surface area contributed by atoms with E-state index >= 15 is 0 Å². The number of piperidine rings is 1. The molecule has 0 unspecified atom stereocenters. The molecular weight excluding hydrogens is 216 g/mol. The van der Waals surface area contributed by atoms with Crippen LogP contribution < -0.4 is 0 Å². The van der Waals surface area contributed by atoms with Crippen LogP contribution in [0.15, 0.2) is 5.16 Å². The first-order valence-corrected chi connectivity index (χ1v) is 6.22. The quantitative estimate of drug-likeness (QED) is 0.343. The monoisotopic (exact) mass is 232 g/mol. The second-order valence-corrected chi connectivity index (χ2v) is 5.05. The molecule has 1 saturated heterocycles. The molecule has 0 aromatic rings. The van der Waals surface area contributed by atoms with Gasteiger partial charge in [-0.3, -0.25) is 0 Å². The molecule has 1 heterocycles. The smallest absolute Gasteiger partial charge is 0.136 e. The first kappa shape index (κ1) is 11.8. The van der Waals surface area contributed by atoms with E-state index in [0.717, 1.165) is 17.4 Å². The third kappa shape index (κ3) is 3.84. The molecule has 1 aliphatic heterocycles. The number of oxime groups is 1. The van der Waals surface area contributed by atoms with E-state index in [2.05, 4.69) is 10.1 Å². The first-order chi connectivity index (χ1) is 6.74. The van der Waals surface area contributed by atoms with Crippen molar-refractivity contribution in [1.82, 2.24) is 4.90 Å². The number of thioether (sulfide) groups is 1. The summed E-state index contributed by atoms with van der Waals surface area (Å²) in [6.45, 7) is 3.97. The van der Waals surface area contributed by atoms with Crippen molar-refractivity contribution in [3.05, 3.63) is 0 Å². The lowest BCUT2D eigenvalue weighted by Gasteiger charge is -2.28. The number of likely N-dealkylation sites (tertiary alicyclic amines) is 1. The fourth-order valence-electron chi connectivity index (χ4n) is 1.36. The summed E-state index contributed by atoms with van der Waals surface area (Å²) in [5, 5.41) is 11.6. The van der Waals surface area contributed by atoms with E-state index in [1.54, 1.807) is 18.7 Å². The third-order valence-corrected chi connectivity index (χ3v) is 3.87. The summed E-state index contributed by atoms with van der Waals surface area (Å²) >= 11 is 6.87. The van der Waals surface area contributed by atoms with Crippen molar-refractivity contribution in [1.29, 1.82) is 0 Å². The maximum Gasteiger partial charge on any atom is 0.136 e. The van der Waals surface area contributed by atoms with Crippen LogP contribution in [0.4, 0.5) is 0 Å². The maximum atomic E-state index is 8.48. The van der Waals surface area contributed by atoms with Gasteiger partial charge in [-0.25, -0.2) is 0 Å². The summed E-state index contributed by atoms with van der Waals surface area (Å²) in [5.74, 6) is 0.686. The average molecular weight is 232 g/mol. The molecule has 0 atom stereocenters. The van der Waals surface area contributed by atoms with Crippen molar-refractivity contribution in [2.24, 2.45) is 5.16 Å². The Balaban J connectivity index is 2.26. The van der Waals surface area contributed by atoms with Crippen LogP contribution in [0.3, 0.4) is 0 Å². The fraction of sp³-hybridized carbons (Fsp3) is 0.778. The molecule has 1 aliphatic rings. The van der Waals surface area contributed by atoms with E-state index in [1.807, 2.05) is 0 Å². The van der Waals surface area contributed by atoms with E-state index in [9.17, 15) is 0 Å². The van der Waals surface area contributed by atoms with Crippen LogP contribution in [0.1, 0.15) is 26.2 Å². The van der Waals surface area contributed by atoms with Gasteiger partial charge >= 0.3 is 0 Å². The summed E-state index contributed by atoms with van der Waals surface area (Å²) in [7, 11) is 0. The van der Waals surface area contributed by atoms with Crippen LogP contribution in [-0.4, -0.2) is 39.0 Å². The van der Waals surface area contributed by atoms with Crippen LogP contribution in [0.2, 0.25) is 0 Å². The van der Waals surface area contributed by atoms with E-state index in [-0.39, 0.29) is 0 Å². The van der Waals surface area contributed by atoms with Gasteiger partial charge in [0, 0.05) is 18.8 Å². The third-order valence-electron chi connectivity index (χ3n) is 2.19. The molecule has 0 bridgehead atoms. The van der Waals surface area contributed by atoms with Crippen LogP contribution in [0.25, 0.3) is 0 Å². The molecule has 0 spiro atoms. The Bertz CT molecular complexity index is 225. The van der Waals surface area contributed by atoms with E-state index in [1.165, 1.54) is 19.3 Å². The average Bonchev–Trinajstić information content (AvgIpc) is 2.26. The van der Waals surface area contributed by atoms with Crippen molar-refractivity contribution < 1.29 is 5.21 Å². The number of hydrogen-bond donors (Lipinski definition) is 1. The molecule has 1 fully saturated rings. The Labute approximate surface area is 94.5 Å². The van der Waals surface area contributed by atoms with Crippen molar-refractivity contribution in [3.63, 3.8) is 0 Å². The molecule has 0 aromatic carbocycles. The molecule has 80 valence electrons. The molecule has 0 radical (unpaired) electrons. The number of nitrogens with zero attached hydrogens (tertiary/aromatic N) is 2. The van der Waals surface area contributed by atoms with Crippen LogP contribution in [0.5, 0.6) is 0 Å². The van der Waals surface area contributed by atoms with E-state index in [0.29, 0.717) is 11.5 Å². The highest BCUT2D eigenvalue weighted by Gasteiger charge is 2.13. The standard InChI is InChI=1S/C9H16N2OS2/c1-8(10-12)7-14-9(13)11-5-3-2-4-6-11/h12H,2-7H2,1H3. The summed E-state index contributed by atoms with van der Waals surface area (Å²) in [6, 6.07) is 0. The van der Waals surface area contributed by atoms with Crippen molar-refractivity contribution >= 4 is 34.0 Å². The topological polar surface area (TPSA) is 35.8 Å². The lowest BCUT2D eigenvalue weighted by molar-refractivity contribution is 0.318. The van der Waals surface area contributed by atoms with Crippen molar-refractivity contribution in [2.45, 2.75) is 26.2 Å². The normalized spacial score (nSPS) is 18.4. The molecule has 0 aliphatic carbocycles. The van der Waals surface area contributed by atoms with Gasteiger partial charge in [0.2, 0.25) is 0 Å². The van der Waals surface area contributed by atoms with Crippen LogP contribution in [0, 0.1) is 0 Å². The van der Waals surface area contributed by atoms with E-state index < -0.39 is 0 Å². The van der Waals surface area contributed by atoms with Gasteiger partial charge in [-0.2, -0.15) is 0 Å². The molecule has 0 amide bonds. The minimum atomic E-state index is 0.686. The number of hydrogen-bond acceptors (Lipinski definition) is 4. The van der Waals surface area contributed by atoms with Gasteiger partial charge in [-0.1, -0.05) is 29.1 Å². The summed E-state index contributed by atoms with van der Waals surface area (Å²) in [5.41, 5.74) is 0.717. The van der Waals surface area contributed by atoms with Crippen LogP contribution in [-0.2, 0) is 0 Å². The van der Waals surface area contributed by atoms with Gasteiger partial charge in [0.15, 0.2) is 0 Å². The Morgan fingerprint density at radius 3 is 2.64 bits per heavy atom. The predicted octanol–water partition coefficient (Wildman–Crippen LogP) is 2.34. The molecular formula is C9H16N2OS2. The second-order valence-electron chi connectivity index (χ2n) is 3.44. The summed E-state index contributed by atoms with van der Waals surface area (Å²) in [4.78, 5) is 2.24. The van der Waals surface area contributed by atoms with Gasteiger partial charge < -0.3 is 10.1 Å². The molecule has 0 aromatic heterocycles. The van der Waals surface area contributed by atoms with Gasteiger partial charge in [-0.15, -0.1) is 0 Å². The number of rotatable bonds is 2. The van der Waals surface area contributed by atoms with Crippen molar-refractivity contribution in [3.8, 4) is 0 Å². The molecule has 14 heavy (non-hydrogen) atoms. The van der Waals surface area contributed by atoms with Gasteiger partial charge in [-0.05, 0) is 26.2 Å². The lowest BCUT2D eigenvalue weighted by atomic mass is 10.1. The molecule has 1 rings (SSSR count). The molecule has 5 heteroatoms. The summed E-state index contributed by atoms with van der Waals surface area (Å²) in [6.07, 6.45) is 3.81. The number of thiocarbonyl (C=S) groups is 1. The molecule has 1 N–H and O–H groups in total. The zero-order chi connectivity index (χ0) is 10.4. The zero-order valence-corrected chi connectivity index (χ0v) is 10.0. The molecule has 3 nitrogen and oxygen atoms in total. The minimum absolute atomic E-state index is 0.686. The van der Waals surface area contributed by atoms with Gasteiger partial charge in [0.25, 0.3) is 0 Å². The van der Waals surface area contributed by atoms with Crippen LogP contribution >= 0.6 is 24.0 Å². The maximum absolute atomic E-state index is 8.48. The Morgan fingerprint density at radius 2 is 2.07 bits per heavy atom.